The number of benzene rings is 1. The van der Waals surface area contributed by atoms with Gasteiger partial charge in [-0.3, -0.25) is 9.59 Å². The summed E-state index contributed by atoms with van der Waals surface area (Å²) in [5.74, 6) is 1.28. The Morgan fingerprint density at radius 2 is 1.74 bits per heavy atom. The first kappa shape index (κ1) is 23.3. The largest absolute Gasteiger partial charge is 0.497 e. The molecule has 2 fully saturated rings. The second kappa shape index (κ2) is 10.8. The second-order valence-electron chi connectivity index (χ2n) is 8.40. The molecule has 8 nitrogen and oxygen atoms in total. The van der Waals surface area contributed by atoms with Gasteiger partial charge in [0.2, 0.25) is 11.8 Å². The van der Waals surface area contributed by atoms with Crippen molar-refractivity contribution in [3.63, 3.8) is 0 Å². The van der Waals surface area contributed by atoms with Crippen molar-refractivity contribution in [1.29, 1.82) is 0 Å². The Kier molecular flexibility index (Phi) is 8.15. The van der Waals surface area contributed by atoms with Gasteiger partial charge in [-0.1, -0.05) is 0 Å². The minimum absolute atomic E-state index is 0.0268. The summed E-state index contributed by atoms with van der Waals surface area (Å²) in [4.78, 5) is 29.5. The van der Waals surface area contributed by atoms with E-state index in [0.717, 1.165) is 5.56 Å². The predicted molar refractivity (Wildman–Crippen MR) is 115 cm³/mol. The van der Waals surface area contributed by atoms with Gasteiger partial charge in [0.05, 0.1) is 33.5 Å². The van der Waals surface area contributed by atoms with Crippen LogP contribution in [0.2, 0.25) is 0 Å². The monoisotopic (exact) mass is 434 g/mol. The number of carbonyl (C=O) groups is 2. The maximum absolute atomic E-state index is 13.1. The SMILES string of the molecule is COc1cc(CO[C@@H]2CN(C(=O)C3CCOCC3)CC(=O)N(C(C)C)C2)cc(OC)c1. The topological polar surface area (TPSA) is 77.5 Å². The fraction of sp³-hybridized carbons (Fsp3) is 0.652. The van der Waals surface area contributed by atoms with Crippen LogP contribution in [0.25, 0.3) is 0 Å². The molecule has 2 heterocycles. The average molecular weight is 435 g/mol. The fourth-order valence-electron chi connectivity index (χ4n) is 4.08. The highest BCUT2D eigenvalue weighted by Gasteiger charge is 2.35. The Bertz CT molecular complexity index is 740. The Balaban J connectivity index is 1.73. The molecular weight excluding hydrogens is 400 g/mol. The molecule has 2 aliphatic heterocycles. The molecule has 2 aliphatic rings. The van der Waals surface area contributed by atoms with E-state index in [1.165, 1.54) is 0 Å². The van der Waals surface area contributed by atoms with E-state index in [9.17, 15) is 9.59 Å². The van der Waals surface area contributed by atoms with Gasteiger partial charge in [0.25, 0.3) is 0 Å². The molecule has 3 rings (SSSR count). The number of hydrogen-bond acceptors (Lipinski definition) is 6. The lowest BCUT2D eigenvalue weighted by molar-refractivity contribution is -0.144. The normalized spacial score (nSPS) is 20.7. The van der Waals surface area contributed by atoms with Crippen LogP contribution in [0, 0.1) is 5.92 Å². The van der Waals surface area contributed by atoms with Gasteiger partial charge in [-0.05, 0) is 44.4 Å². The first-order valence-electron chi connectivity index (χ1n) is 10.9. The number of nitrogens with zero attached hydrogens (tertiary/aromatic N) is 2. The number of methoxy groups -OCH3 is 2. The number of carbonyl (C=O) groups excluding carboxylic acids is 2. The Hall–Kier alpha value is -2.32. The summed E-state index contributed by atoms with van der Waals surface area (Å²) < 4.78 is 22.3. The van der Waals surface area contributed by atoms with Crippen molar-refractivity contribution in [3.05, 3.63) is 23.8 Å². The van der Waals surface area contributed by atoms with Crippen molar-refractivity contribution in [1.82, 2.24) is 9.80 Å². The summed E-state index contributed by atoms with van der Waals surface area (Å²) in [5.41, 5.74) is 0.908. The first-order valence-corrected chi connectivity index (χ1v) is 10.9. The van der Waals surface area contributed by atoms with Gasteiger partial charge in [0.15, 0.2) is 0 Å². The molecule has 2 saturated heterocycles. The van der Waals surface area contributed by atoms with Crippen molar-refractivity contribution in [2.75, 3.05) is 47.1 Å². The molecule has 1 aromatic rings. The van der Waals surface area contributed by atoms with Crippen LogP contribution < -0.4 is 9.47 Å². The Morgan fingerprint density at radius 3 is 2.32 bits per heavy atom. The summed E-state index contributed by atoms with van der Waals surface area (Å²) in [7, 11) is 3.22. The molecule has 8 heteroatoms. The summed E-state index contributed by atoms with van der Waals surface area (Å²) >= 11 is 0. The fourth-order valence-corrected chi connectivity index (χ4v) is 4.08. The van der Waals surface area contributed by atoms with Crippen molar-refractivity contribution in [3.8, 4) is 11.5 Å². The molecule has 1 atom stereocenters. The number of hydrogen-bond donors (Lipinski definition) is 0. The highest BCUT2D eigenvalue weighted by Crippen LogP contribution is 2.24. The van der Waals surface area contributed by atoms with Gasteiger partial charge in [-0.15, -0.1) is 0 Å². The van der Waals surface area contributed by atoms with Crippen LogP contribution in [0.5, 0.6) is 11.5 Å². The molecule has 0 radical (unpaired) electrons. The van der Waals surface area contributed by atoms with Crippen LogP contribution >= 0.6 is 0 Å². The Labute approximate surface area is 184 Å². The average Bonchev–Trinajstić information content (AvgIpc) is 2.96. The minimum atomic E-state index is -0.283. The molecule has 2 amide bonds. The van der Waals surface area contributed by atoms with Crippen molar-refractivity contribution in [2.45, 2.75) is 45.4 Å². The lowest BCUT2D eigenvalue weighted by Crippen LogP contribution is -2.44. The Morgan fingerprint density at radius 1 is 1.10 bits per heavy atom. The summed E-state index contributed by atoms with van der Waals surface area (Å²) in [6.07, 6.45) is 1.12. The third-order valence-electron chi connectivity index (χ3n) is 5.87. The molecule has 0 aromatic heterocycles. The van der Waals surface area contributed by atoms with Crippen LogP contribution in [0.1, 0.15) is 32.3 Å². The number of rotatable bonds is 7. The summed E-state index contributed by atoms with van der Waals surface area (Å²) in [6, 6.07) is 5.64. The number of amides is 2. The summed E-state index contributed by atoms with van der Waals surface area (Å²) in [6.45, 7) is 6.43. The van der Waals surface area contributed by atoms with Crippen LogP contribution in [-0.2, 0) is 25.7 Å². The smallest absolute Gasteiger partial charge is 0.242 e. The predicted octanol–water partition coefficient (Wildman–Crippen LogP) is 2.09. The van der Waals surface area contributed by atoms with Crippen LogP contribution in [0.3, 0.4) is 0 Å². The lowest BCUT2D eigenvalue weighted by atomic mass is 9.98. The van der Waals surface area contributed by atoms with E-state index in [0.29, 0.717) is 57.3 Å². The van der Waals surface area contributed by atoms with Gasteiger partial charge in [0, 0.05) is 44.3 Å². The van der Waals surface area contributed by atoms with E-state index in [1.54, 1.807) is 24.0 Å². The molecule has 1 aromatic carbocycles. The van der Waals surface area contributed by atoms with E-state index in [2.05, 4.69) is 0 Å². The molecule has 172 valence electrons. The number of ether oxygens (including phenoxy) is 4. The van der Waals surface area contributed by atoms with Crippen LogP contribution in [-0.4, -0.2) is 80.8 Å². The molecule has 31 heavy (non-hydrogen) atoms. The maximum Gasteiger partial charge on any atom is 0.242 e. The van der Waals surface area contributed by atoms with E-state index in [1.807, 2.05) is 32.0 Å². The molecule has 0 N–H and O–H groups in total. The zero-order valence-electron chi connectivity index (χ0n) is 19.0. The van der Waals surface area contributed by atoms with Crippen LogP contribution in [0.4, 0.5) is 0 Å². The first-order chi connectivity index (χ1) is 14.9. The second-order valence-corrected chi connectivity index (χ2v) is 8.40. The molecule has 0 saturated carbocycles. The zero-order valence-corrected chi connectivity index (χ0v) is 19.0. The standard InChI is InChI=1S/C23H34N2O6/c1-16(2)25-13-21(31-15-17-9-19(28-3)11-20(10-17)29-4)12-24(14-22(25)26)23(27)18-5-7-30-8-6-18/h9-11,16,18,21H,5-8,12-15H2,1-4H3/t21-/m1/s1. The molecule has 0 spiro atoms. The van der Waals surface area contributed by atoms with E-state index in [4.69, 9.17) is 18.9 Å². The zero-order chi connectivity index (χ0) is 22.4. The van der Waals surface area contributed by atoms with Gasteiger partial charge in [-0.2, -0.15) is 0 Å². The molecular formula is C23H34N2O6. The highest BCUT2D eigenvalue weighted by atomic mass is 16.5. The molecule has 0 bridgehead atoms. The van der Waals surface area contributed by atoms with Crippen LogP contribution in [0.15, 0.2) is 18.2 Å². The van der Waals surface area contributed by atoms with E-state index >= 15 is 0 Å². The molecule has 0 aliphatic carbocycles. The quantitative estimate of drug-likeness (QED) is 0.654. The molecule has 0 unspecified atom stereocenters. The third-order valence-corrected chi connectivity index (χ3v) is 5.87. The van der Waals surface area contributed by atoms with Crippen molar-refractivity contribution >= 4 is 11.8 Å². The van der Waals surface area contributed by atoms with E-state index < -0.39 is 0 Å². The van der Waals surface area contributed by atoms with Crippen molar-refractivity contribution in [2.24, 2.45) is 5.92 Å². The van der Waals surface area contributed by atoms with Crippen molar-refractivity contribution < 1.29 is 28.5 Å². The lowest BCUT2D eigenvalue weighted by Gasteiger charge is -2.29. The van der Waals surface area contributed by atoms with Gasteiger partial charge in [0.1, 0.15) is 11.5 Å². The van der Waals surface area contributed by atoms with E-state index in [-0.39, 0.29) is 36.4 Å². The van der Waals surface area contributed by atoms with Gasteiger partial charge >= 0.3 is 0 Å². The van der Waals surface area contributed by atoms with Gasteiger partial charge < -0.3 is 28.7 Å². The van der Waals surface area contributed by atoms with Gasteiger partial charge in [-0.25, -0.2) is 0 Å². The minimum Gasteiger partial charge on any atom is -0.497 e. The highest BCUT2D eigenvalue weighted by molar-refractivity contribution is 5.86. The maximum atomic E-state index is 13.1. The summed E-state index contributed by atoms with van der Waals surface area (Å²) in [5, 5.41) is 0. The third kappa shape index (κ3) is 6.11.